The van der Waals surface area contributed by atoms with Crippen LogP contribution in [0, 0.1) is 12.8 Å². The zero-order valence-corrected chi connectivity index (χ0v) is 10.4. The molecule has 2 heteroatoms. The maximum absolute atomic E-state index is 9.31. The minimum atomic E-state index is 0.152. The summed E-state index contributed by atoms with van der Waals surface area (Å²) in [4.78, 5) is 2.43. The standard InChI is InChI=1S/C14H21NO/c1-11-6-4-5-7-13(11)15-9-12(10-16)8-14(15,2)3/h4-7,12,16H,8-10H2,1-3H3. The lowest BCUT2D eigenvalue weighted by molar-refractivity contribution is 0.232. The minimum Gasteiger partial charge on any atom is -0.396 e. The minimum absolute atomic E-state index is 0.152. The van der Waals surface area contributed by atoms with Crippen molar-refractivity contribution in [1.82, 2.24) is 0 Å². The third-order valence-electron chi connectivity index (χ3n) is 3.62. The van der Waals surface area contributed by atoms with Gasteiger partial charge in [0.05, 0.1) is 0 Å². The zero-order valence-electron chi connectivity index (χ0n) is 10.4. The molecule has 1 saturated heterocycles. The highest BCUT2D eigenvalue weighted by atomic mass is 16.3. The van der Waals surface area contributed by atoms with E-state index in [2.05, 4.69) is 49.9 Å². The van der Waals surface area contributed by atoms with Gasteiger partial charge in [-0.3, -0.25) is 0 Å². The van der Waals surface area contributed by atoms with Gasteiger partial charge in [0.1, 0.15) is 0 Å². The number of aliphatic hydroxyl groups is 1. The third kappa shape index (κ3) is 1.94. The molecule has 1 aliphatic heterocycles. The van der Waals surface area contributed by atoms with Gasteiger partial charge in [-0.15, -0.1) is 0 Å². The number of nitrogens with zero attached hydrogens (tertiary/aromatic N) is 1. The van der Waals surface area contributed by atoms with Crippen molar-refractivity contribution >= 4 is 5.69 Å². The normalized spacial score (nSPS) is 23.8. The van der Waals surface area contributed by atoms with Crippen molar-refractivity contribution in [3.05, 3.63) is 29.8 Å². The number of rotatable bonds is 2. The Bertz CT molecular complexity index is 373. The second-order valence-corrected chi connectivity index (χ2v) is 5.46. The second-order valence-electron chi connectivity index (χ2n) is 5.46. The molecule has 88 valence electrons. The molecule has 0 spiro atoms. The predicted octanol–water partition coefficient (Wildman–Crippen LogP) is 2.59. The lowest BCUT2D eigenvalue weighted by Gasteiger charge is -2.34. The molecule has 1 aliphatic rings. The van der Waals surface area contributed by atoms with E-state index in [1.807, 2.05) is 0 Å². The van der Waals surface area contributed by atoms with E-state index < -0.39 is 0 Å². The summed E-state index contributed by atoms with van der Waals surface area (Å²) in [7, 11) is 0. The number of aryl methyl sites for hydroxylation is 1. The lowest BCUT2D eigenvalue weighted by atomic mass is 9.96. The molecule has 1 fully saturated rings. The fourth-order valence-corrected chi connectivity index (χ4v) is 2.80. The van der Waals surface area contributed by atoms with E-state index in [-0.39, 0.29) is 5.54 Å². The van der Waals surface area contributed by atoms with Gasteiger partial charge in [-0.25, -0.2) is 0 Å². The Morgan fingerprint density at radius 1 is 1.38 bits per heavy atom. The first-order valence-electron chi connectivity index (χ1n) is 5.99. The average Bonchev–Trinajstić information content (AvgIpc) is 2.54. The van der Waals surface area contributed by atoms with Gasteiger partial charge in [0.15, 0.2) is 0 Å². The van der Waals surface area contributed by atoms with E-state index in [0.29, 0.717) is 12.5 Å². The van der Waals surface area contributed by atoms with Crippen LogP contribution in [0.3, 0.4) is 0 Å². The van der Waals surface area contributed by atoms with Crippen molar-refractivity contribution in [2.75, 3.05) is 18.1 Å². The van der Waals surface area contributed by atoms with Crippen LogP contribution in [0.15, 0.2) is 24.3 Å². The van der Waals surface area contributed by atoms with E-state index in [9.17, 15) is 5.11 Å². The van der Waals surface area contributed by atoms with Crippen LogP contribution in [-0.4, -0.2) is 23.8 Å². The fourth-order valence-electron chi connectivity index (χ4n) is 2.80. The van der Waals surface area contributed by atoms with Crippen LogP contribution in [0.4, 0.5) is 5.69 Å². The highest BCUT2D eigenvalue weighted by Gasteiger charge is 2.38. The topological polar surface area (TPSA) is 23.5 Å². The van der Waals surface area contributed by atoms with Gasteiger partial charge in [-0.1, -0.05) is 18.2 Å². The van der Waals surface area contributed by atoms with Crippen LogP contribution in [0.2, 0.25) is 0 Å². The average molecular weight is 219 g/mol. The lowest BCUT2D eigenvalue weighted by Crippen LogP contribution is -2.38. The van der Waals surface area contributed by atoms with Gasteiger partial charge in [-0.05, 0) is 38.8 Å². The molecule has 1 heterocycles. The molecule has 1 unspecified atom stereocenters. The summed E-state index contributed by atoms with van der Waals surface area (Å²) < 4.78 is 0. The zero-order chi connectivity index (χ0) is 11.8. The first-order chi connectivity index (χ1) is 7.54. The third-order valence-corrected chi connectivity index (χ3v) is 3.62. The maximum Gasteiger partial charge on any atom is 0.0477 e. The summed E-state index contributed by atoms with van der Waals surface area (Å²) in [6, 6.07) is 8.49. The second kappa shape index (κ2) is 4.10. The quantitative estimate of drug-likeness (QED) is 0.826. The number of para-hydroxylation sites is 1. The van der Waals surface area contributed by atoms with E-state index in [1.165, 1.54) is 11.3 Å². The van der Waals surface area contributed by atoms with Crippen LogP contribution in [0.5, 0.6) is 0 Å². The van der Waals surface area contributed by atoms with E-state index in [0.717, 1.165) is 13.0 Å². The molecular formula is C14H21NO. The maximum atomic E-state index is 9.31. The molecule has 1 N–H and O–H groups in total. The smallest absolute Gasteiger partial charge is 0.0477 e. The number of benzene rings is 1. The van der Waals surface area contributed by atoms with Gasteiger partial charge in [0.25, 0.3) is 0 Å². The van der Waals surface area contributed by atoms with Crippen LogP contribution < -0.4 is 4.90 Å². The number of hydrogen-bond donors (Lipinski definition) is 1. The van der Waals surface area contributed by atoms with Crippen molar-refractivity contribution < 1.29 is 5.11 Å². The summed E-state index contributed by atoms with van der Waals surface area (Å²) in [6.07, 6.45) is 1.07. The Balaban J connectivity index is 2.31. The highest BCUT2D eigenvalue weighted by molar-refractivity contribution is 5.56. The molecule has 2 nitrogen and oxygen atoms in total. The molecule has 0 radical (unpaired) electrons. The van der Waals surface area contributed by atoms with E-state index in [1.54, 1.807) is 0 Å². The van der Waals surface area contributed by atoms with Gasteiger partial charge in [-0.2, -0.15) is 0 Å². The molecule has 0 aromatic heterocycles. The summed E-state index contributed by atoms with van der Waals surface area (Å²) in [6.45, 7) is 7.93. The Morgan fingerprint density at radius 2 is 2.06 bits per heavy atom. The molecule has 2 rings (SSSR count). The van der Waals surface area contributed by atoms with Gasteiger partial charge in [0, 0.05) is 30.3 Å². The van der Waals surface area contributed by atoms with Gasteiger partial charge >= 0.3 is 0 Å². The van der Waals surface area contributed by atoms with Crippen molar-refractivity contribution in [3.63, 3.8) is 0 Å². The first-order valence-corrected chi connectivity index (χ1v) is 5.99. The Morgan fingerprint density at radius 3 is 2.62 bits per heavy atom. The molecule has 0 saturated carbocycles. The van der Waals surface area contributed by atoms with Crippen LogP contribution >= 0.6 is 0 Å². The van der Waals surface area contributed by atoms with Crippen LogP contribution in [0.25, 0.3) is 0 Å². The molecule has 1 aromatic rings. The largest absolute Gasteiger partial charge is 0.396 e. The van der Waals surface area contributed by atoms with E-state index >= 15 is 0 Å². The summed E-state index contributed by atoms with van der Waals surface area (Å²) in [5.74, 6) is 0.412. The molecule has 0 amide bonds. The van der Waals surface area contributed by atoms with Crippen LogP contribution in [-0.2, 0) is 0 Å². The first kappa shape index (κ1) is 11.5. The monoisotopic (exact) mass is 219 g/mol. The van der Waals surface area contributed by atoms with Gasteiger partial charge in [0.2, 0.25) is 0 Å². The van der Waals surface area contributed by atoms with Crippen molar-refractivity contribution in [2.24, 2.45) is 5.92 Å². The molecule has 0 bridgehead atoms. The molecular weight excluding hydrogens is 198 g/mol. The predicted molar refractivity (Wildman–Crippen MR) is 67.8 cm³/mol. The Hall–Kier alpha value is -1.02. The Kier molecular flexibility index (Phi) is 2.94. The number of anilines is 1. The highest BCUT2D eigenvalue weighted by Crippen LogP contribution is 2.37. The summed E-state index contributed by atoms with van der Waals surface area (Å²) >= 11 is 0. The number of hydrogen-bond acceptors (Lipinski definition) is 2. The summed E-state index contributed by atoms with van der Waals surface area (Å²) in [5, 5.41) is 9.31. The summed E-state index contributed by atoms with van der Waals surface area (Å²) in [5.41, 5.74) is 2.78. The van der Waals surface area contributed by atoms with Crippen molar-refractivity contribution in [1.29, 1.82) is 0 Å². The fraction of sp³-hybridized carbons (Fsp3) is 0.571. The molecule has 1 atom stereocenters. The Labute approximate surface area is 97.9 Å². The number of aliphatic hydroxyl groups excluding tert-OH is 1. The molecule has 1 aromatic carbocycles. The van der Waals surface area contributed by atoms with Crippen LogP contribution in [0.1, 0.15) is 25.8 Å². The van der Waals surface area contributed by atoms with E-state index in [4.69, 9.17) is 0 Å². The van der Waals surface area contributed by atoms with Gasteiger partial charge < -0.3 is 10.0 Å². The SMILES string of the molecule is Cc1ccccc1N1CC(CO)CC1(C)C. The molecule has 16 heavy (non-hydrogen) atoms. The van der Waals surface area contributed by atoms with Crippen molar-refractivity contribution in [3.8, 4) is 0 Å². The molecule has 0 aliphatic carbocycles. The van der Waals surface area contributed by atoms with Crippen molar-refractivity contribution in [2.45, 2.75) is 32.7 Å².